The van der Waals surface area contributed by atoms with Crippen LogP contribution in [0.2, 0.25) is 0 Å². The summed E-state index contributed by atoms with van der Waals surface area (Å²) in [4.78, 5) is 27.8. The molecule has 204 valence electrons. The van der Waals surface area contributed by atoms with Crippen LogP contribution in [-0.2, 0) is 9.53 Å². The van der Waals surface area contributed by atoms with Gasteiger partial charge in [-0.3, -0.25) is 4.79 Å². The highest BCUT2D eigenvalue weighted by Gasteiger charge is 2.84. The summed E-state index contributed by atoms with van der Waals surface area (Å²) in [5.41, 5.74) is -1.39. The van der Waals surface area contributed by atoms with E-state index in [4.69, 9.17) is 4.74 Å². The number of hydrogen-bond donors (Lipinski definition) is 1. The molecule has 5 fully saturated rings. The van der Waals surface area contributed by atoms with Gasteiger partial charge in [-0.05, 0) is 118 Å². The molecule has 2 unspecified atom stereocenters. The van der Waals surface area contributed by atoms with E-state index in [0.29, 0.717) is 22.7 Å². The maximum Gasteiger partial charge on any atom is 0.410 e. The van der Waals surface area contributed by atoms with Crippen LogP contribution in [0.1, 0.15) is 114 Å². The third-order valence-corrected chi connectivity index (χ3v) is 13.3. The van der Waals surface area contributed by atoms with Gasteiger partial charge in [0.2, 0.25) is 0 Å². The molecule has 5 saturated carbocycles. The molecule has 2 spiro atoms. The van der Waals surface area contributed by atoms with Crippen molar-refractivity contribution in [2.45, 2.75) is 131 Å². The van der Waals surface area contributed by atoms with Crippen LogP contribution in [0.3, 0.4) is 0 Å². The second-order valence-corrected chi connectivity index (χ2v) is 15.8. The zero-order valence-electron chi connectivity index (χ0n) is 24.6. The van der Waals surface area contributed by atoms with E-state index in [-0.39, 0.29) is 40.1 Å². The molecule has 0 aromatic heterocycles. The summed E-state index contributed by atoms with van der Waals surface area (Å²) >= 11 is 0. The highest BCUT2D eigenvalue weighted by molar-refractivity contribution is 5.87. The van der Waals surface area contributed by atoms with E-state index >= 15 is 0 Å². The lowest BCUT2D eigenvalue weighted by Gasteiger charge is -2.64. The van der Waals surface area contributed by atoms with Crippen LogP contribution in [0, 0.1) is 44.8 Å². The van der Waals surface area contributed by atoms with Gasteiger partial charge in [-0.2, -0.15) is 0 Å². The van der Waals surface area contributed by atoms with Crippen molar-refractivity contribution < 1.29 is 19.4 Å². The maximum absolute atomic E-state index is 13.0. The zero-order valence-corrected chi connectivity index (χ0v) is 24.6. The Morgan fingerprint density at radius 3 is 2.11 bits per heavy atom. The van der Waals surface area contributed by atoms with E-state index in [9.17, 15) is 14.7 Å². The van der Waals surface area contributed by atoms with Crippen LogP contribution in [0.25, 0.3) is 0 Å². The minimum absolute atomic E-state index is 0.00206. The average molecular weight is 502 g/mol. The van der Waals surface area contributed by atoms with Crippen LogP contribution < -0.4 is 0 Å². The Morgan fingerprint density at radius 2 is 1.53 bits per heavy atom. The van der Waals surface area contributed by atoms with Gasteiger partial charge in [0.15, 0.2) is 5.78 Å². The third kappa shape index (κ3) is 2.88. The van der Waals surface area contributed by atoms with Crippen LogP contribution in [0.4, 0.5) is 4.79 Å². The summed E-state index contributed by atoms with van der Waals surface area (Å²) in [5, 5.41) is 11.9. The van der Waals surface area contributed by atoms with Gasteiger partial charge in [0.05, 0.1) is 0 Å². The molecule has 0 saturated heterocycles. The number of rotatable bonds is 2. The van der Waals surface area contributed by atoms with Gasteiger partial charge in [0.1, 0.15) is 11.2 Å². The van der Waals surface area contributed by atoms with Crippen LogP contribution in [0.15, 0.2) is 0 Å². The highest BCUT2D eigenvalue weighted by Crippen LogP contribution is 2.89. The SMILES string of the molecule is CC(=O)C1(O)C(C)C[C@@]2(C)[C@@H]3CC[C@H]4C(C)(C)[C@@H](N(C)C(=O)OC(C)(C)C)CC[C@@]45C[C@@]35CC[C@]12C. The van der Waals surface area contributed by atoms with Gasteiger partial charge in [0.25, 0.3) is 0 Å². The minimum atomic E-state index is -1.21. The van der Waals surface area contributed by atoms with E-state index < -0.39 is 11.2 Å². The lowest BCUT2D eigenvalue weighted by atomic mass is 9.41. The lowest BCUT2D eigenvalue weighted by Crippen LogP contribution is -2.63. The normalized spacial score (nSPS) is 50.8. The highest BCUT2D eigenvalue weighted by atomic mass is 16.6. The number of Topliss-reactive ketones (excluding diaryl/α,β-unsaturated/α-hetero) is 1. The van der Waals surface area contributed by atoms with Crippen molar-refractivity contribution in [2.24, 2.45) is 44.8 Å². The number of carbonyl (C=O) groups excluding carboxylic acids is 2. The quantitative estimate of drug-likeness (QED) is 0.462. The maximum atomic E-state index is 13.0. The van der Waals surface area contributed by atoms with E-state index in [1.54, 1.807) is 6.92 Å². The Labute approximate surface area is 219 Å². The molecular weight excluding hydrogens is 450 g/mol. The fourth-order valence-corrected chi connectivity index (χ4v) is 11.7. The van der Waals surface area contributed by atoms with Crippen LogP contribution in [0.5, 0.6) is 0 Å². The molecule has 0 bridgehead atoms. The molecule has 1 N–H and O–H groups in total. The first-order valence-electron chi connectivity index (χ1n) is 14.5. The van der Waals surface area contributed by atoms with Crippen molar-refractivity contribution in [1.29, 1.82) is 0 Å². The Bertz CT molecular complexity index is 984. The second-order valence-electron chi connectivity index (χ2n) is 15.8. The predicted molar refractivity (Wildman–Crippen MR) is 141 cm³/mol. The fraction of sp³-hybridized carbons (Fsp3) is 0.935. The van der Waals surface area contributed by atoms with Crippen molar-refractivity contribution in [3.05, 3.63) is 0 Å². The third-order valence-electron chi connectivity index (χ3n) is 13.3. The topological polar surface area (TPSA) is 66.8 Å². The molecule has 5 aliphatic rings. The van der Waals surface area contributed by atoms with E-state index in [0.717, 1.165) is 25.7 Å². The Hall–Kier alpha value is -1.10. The van der Waals surface area contributed by atoms with E-state index in [2.05, 4.69) is 34.6 Å². The summed E-state index contributed by atoms with van der Waals surface area (Å²) in [5.74, 6) is 1.11. The molecule has 5 rings (SSSR count). The van der Waals surface area contributed by atoms with Gasteiger partial charge in [0, 0.05) is 18.5 Å². The smallest absolute Gasteiger partial charge is 0.410 e. The Kier molecular flexibility index (Phi) is 5.37. The zero-order chi connectivity index (χ0) is 26.9. The number of aliphatic hydroxyl groups is 1. The lowest BCUT2D eigenvalue weighted by molar-refractivity contribution is -0.191. The van der Waals surface area contributed by atoms with Gasteiger partial charge in [-0.1, -0.05) is 34.6 Å². The molecule has 0 aromatic rings. The van der Waals surface area contributed by atoms with Crippen LogP contribution >= 0.6 is 0 Å². The first-order valence-corrected chi connectivity index (χ1v) is 14.5. The molecular formula is C31H51NO4. The second kappa shape index (κ2) is 7.30. The van der Waals surface area contributed by atoms with Gasteiger partial charge >= 0.3 is 6.09 Å². The van der Waals surface area contributed by atoms with Crippen molar-refractivity contribution in [3.8, 4) is 0 Å². The molecule has 0 aromatic carbocycles. The molecule has 5 aliphatic carbocycles. The number of amides is 1. The van der Waals surface area contributed by atoms with Crippen molar-refractivity contribution in [3.63, 3.8) is 0 Å². The molecule has 5 heteroatoms. The van der Waals surface area contributed by atoms with Crippen molar-refractivity contribution in [1.82, 2.24) is 4.90 Å². The predicted octanol–water partition coefficient (Wildman–Crippen LogP) is 6.61. The molecule has 9 atom stereocenters. The summed E-state index contributed by atoms with van der Waals surface area (Å²) < 4.78 is 5.76. The number of fused-ring (bicyclic) bond motifs is 2. The molecule has 0 aliphatic heterocycles. The first-order chi connectivity index (χ1) is 16.3. The summed E-state index contributed by atoms with van der Waals surface area (Å²) in [6.07, 6.45) is 8.65. The number of hydrogen-bond acceptors (Lipinski definition) is 4. The summed E-state index contributed by atoms with van der Waals surface area (Å²) in [7, 11) is 1.93. The molecule has 0 radical (unpaired) electrons. The van der Waals surface area contributed by atoms with Crippen molar-refractivity contribution >= 4 is 11.9 Å². The van der Waals surface area contributed by atoms with Gasteiger partial charge in [-0.15, -0.1) is 0 Å². The fourth-order valence-electron chi connectivity index (χ4n) is 11.7. The van der Waals surface area contributed by atoms with Gasteiger partial charge < -0.3 is 14.7 Å². The minimum Gasteiger partial charge on any atom is -0.444 e. The summed E-state index contributed by atoms with van der Waals surface area (Å²) in [6.45, 7) is 19.0. The number of nitrogens with zero attached hydrogens (tertiary/aromatic N) is 1. The van der Waals surface area contributed by atoms with Gasteiger partial charge in [-0.25, -0.2) is 4.79 Å². The first kappa shape index (κ1) is 26.5. The van der Waals surface area contributed by atoms with Crippen LogP contribution in [-0.4, -0.2) is 46.2 Å². The van der Waals surface area contributed by atoms with E-state index in [1.165, 1.54) is 25.7 Å². The Morgan fingerprint density at radius 1 is 0.944 bits per heavy atom. The summed E-state index contributed by atoms with van der Waals surface area (Å²) in [6, 6.07) is 0.177. The monoisotopic (exact) mass is 501 g/mol. The molecule has 36 heavy (non-hydrogen) atoms. The van der Waals surface area contributed by atoms with E-state index in [1.807, 2.05) is 32.7 Å². The Balaban J connectivity index is 1.45. The number of carbonyl (C=O) groups is 2. The molecule has 1 amide bonds. The standard InChI is InChI=1S/C31H51NO4/c1-19-17-27(8)22-12-11-21-26(6,7)23(32(10)24(34)36-25(3,4)5)13-14-29(21)18-30(22,29)16-15-28(27,9)31(19,35)20(2)33/h19,21-23,35H,11-18H2,1-10H3/t19?,21-,22-,23-,27-,28-,29+,30-,31?/m0/s1. The average Bonchev–Trinajstić information content (AvgIpc) is 3.37. The number of ketones is 1. The largest absolute Gasteiger partial charge is 0.444 e. The number of ether oxygens (including phenoxy) is 1. The van der Waals surface area contributed by atoms with Crippen molar-refractivity contribution in [2.75, 3.05) is 7.05 Å². The molecule has 5 nitrogen and oxygen atoms in total. The molecule has 0 heterocycles.